The summed E-state index contributed by atoms with van der Waals surface area (Å²) in [6, 6.07) is 0.450. The van der Waals surface area contributed by atoms with Crippen LogP contribution in [0.15, 0.2) is 0 Å². The summed E-state index contributed by atoms with van der Waals surface area (Å²) in [6.45, 7) is 4.09. The highest BCUT2D eigenvalue weighted by Crippen LogP contribution is 2.20. The Morgan fingerprint density at radius 3 is 2.31 bits per heavy atom. The van der Waals surface area contributed by atoms with E-state index in [-0.39, 0.29) is 11.8 Å². The van der Waals surface area contributed by atoms with Gasteiger partial charge in [0.1, 0.15) is 0 Å². The summed E-state index contributed by atoms with van der Waals surface area (Å²) in [6.07, 6.45) is 7.61. The minimum Gasteiger partial charge on any atom is -0.353 e. The third-order valence-corrected chi connectivity index (χ3v) is 4.14. The fourth-order valence-electron chi connectivity index (χ4n) is 2.63. The van der Waals surface area contributed by atoms with E-state index in [1.165, 1.54) is 38.5 Å². The van der Waals surface area contributed by atoms with Gasteiger partial charge >= 0.3 is 0 Å². The second-order valence-corrected chi connectivity index (χ2v) is 5.40. The lowest BCUT2D eigenvalue weighted by Crippen LogP contribution is -2.50. The average Bonchev–Trinajstić information content (AvgIpc) is 2.43. The second kappa shape index (κ2) is 5.67. The molecule has 3 nitrogen and oxygen atoms in total. The molecule has 3 heteroatoms. The van der Waals surface area contributed by atoms with Crippen LogP contribution in [0, 0.1) is 11.8 Å². The molecule has 1 atom stereocenters. The quantitative estimate of drug-likeness (QED) is 0.716. The highest BCUT2D eigenvalue weighted by Gasteiger charge is 2.29. The first-order valence-electron chi connectivity index (χ1n) is 6.78. The van der Waals surface area contributed by atoms with E-state index in [0.717, 1.165) is 13.1 Å². The third kappa shape index (κ3) is 2.97. The summed E-state index contributed by atoms with van der Waals surface area (Å²) in [7, 11) is 0. The predicted octanol–water partition coefficient (Wildman–Crippen LogP) is 1.68. The third-order valence-electron chi connectivity index (χ3n) is 4.14. The van der Waals surface area contributed by atoms with Crippen LogP contribution in [0.5, 0.6) is 0 Å². The van der Waals surface area contributed by atoms with Gasteiger partial charge in [-0.2, -0.15) is 0 Å². The Hall–Kier alpha value is -0.570. The second-order valence-electron chi connectivity index (χ2n) is 5.40. The molecule has 2 N–H and O–H groups in total. The molecule has 0 aromatic rings. The molecule has 1 saturated heterocycles. The monoisotopic (exact) mass is 224 g/mol. The van der Waals surface area contributed by atoms with Gasteiger partial charge in [0.05, 0.1) is 0 Å². The van der Waals surface area contributed by atoms with Crippen LogP contribution < -0.4 is 10.6 Å². The molecule has 16 heavy (non-hydrogen) atoms. The molecular formula is C13H24N2O. The van der Waals surface area contributed by atoms with Gasteiger partial charge in [-0.25, -0.2) is 0 Å². The first kappa shape index (κ1) is 11.9. The molecule has 0 bridgehead atoms. The molecule has 0 aromatic heterocycles. The Bertz CT molecular complexity index is 230. The molecule has 0 aromatic carbocycles. The van der Waals surface area contributed by atoms with E-state index in [4.69, 9.17) is 0 Å². The fourth-order valence-corrected chi connectivity index (χ4v) is 2.63. The van der Waals surface area contributed by atoms with Crippen molar-refractivity contribution in [2.24, 2.45) is 11.8 Å². The first-order valence-corrected chi connectivity index (χ1v) is 6.78. The summed E-state index contributed by atoms with van der Waals surface area (Å²) in [4.78, 5) is 12.0. The topological polar surface area (TPSA) is 41.1 Å². The highest BCUT2D eigenvalue weighted by molar-refractivity contribution is 5.79. The van der Waals surface area contributed by atoms with Crippen LogP contribution in [-0.2, 0) is 4.79 Å². The molecule has 1 amide bonds. The standard InChI is InChI=1S/C13H24N2O/c1-10(11-8-14-9-11)13(16)15-12-6-4-2-3-5-7-12/h10-12,14H,2-9H2,1H3,(H,15,16). The molecule has 1 aliphatic heterocycles. The van der Waals surface area contributed by atoms with Crippen LogP contribution in [0.1, 0.15) is 45.4 Å². The maximum absolute atomic E-state index is 12.0. The highest BCUT2D eigenvalue weighted by atomic mass is 16.1. The van der Waals surface area contributed by atoms with Crippen molar-refractivity contribution in [1.29, 1.82) is 0 Å². The van der Waals surface area contributed by atoms with Gasteiger partial charge in [0, 0.05) is 12.0 Å². The van der Waals surface area contributed by atoms with Crippen molar-refractivity contribution in [2.75, 3.05) is 13.1 Å². The van der Waals surface area contributed by atoms with Crippen molar-refractivity contribution in [3.63, 3.8) is 0 Å². The van der Waals surface area contributed by atoms with Crippen molar-refractivity contribution in [3.8, 4) is 0 Å². The Labute approximate surface area is 98.4 Å². The molecule has 1 heterocycles. The minimum absolute atomic E-state index is 0.185. The smallest absolute Gasteiger partial charge is 0.223 e. The lowest BCUT2D eigenvalue weighted by molar-refractivity contribution is -0.127. The van der Waals surface area contributed by atoms with E-state index in [0.29, 0.717) is 12.0 Å². The largest absolute Gasteiger partial charge is 0.353 e. The zero-order valence-corrected chi connectivity index (χ0v) is 10.3. The average molecular weight is 224 g/mol. The number of amides is 1. The van der Waals surface area contributed by atoms with E-state index in [1.54, 1.807) is 0 Å². The zero-order chi connectivity index (χ0) is 11.4. The molecule has 1 saturated carbocycles. The molecule has 0 radical (unpaired) electrons. The molecule has 2 aliphatic rings. The van der Waals surface area contributed by atoms with Gasteiger partial charge in [0.2, 0.25) is 5.91 Å². The molecule has 92 valence electrons. The lowest BCUT2D eigenvalue weighted by Gasteiger charge is -2.32. The van der Waals surface area contributed by atoms with Crippen molar-refractivity contribution in [3.05, 3.63) is 0 Å². The van der Waals surface area contributed by atoms with E-state index < -0.39 is 0 Å². The molecule has 2 fully saturated rings. The molecule has 1 aliphatic carbocycles. The number of rotatable bonds is 3. The zero-order valence-electron chi connectivity index (χ0n) is 10.3. The summed E-state index contributed by atoms with van der Waals surface area (Å²) in [5.74, 6) is 1.02. The predicted molar refractivity (Wildman–Crippen MR) is 65.2 cm³/mol. The van der Waals surface area contributed by atoms with Crippen molar-refractivity contribution >= 4 is 5.91 Å². The maximum Gasteiger partial charge on any atom is 0.223 e. The van der Waals surface area contributed by atoms with Crippen molar-refractivity contribution < 1.29 is 4.79 Å². The Morgan fingerprint density at radius 2 is 1.81 bits per heavy atom. The van der Waals surface area contributed by atoms with Gasteiger partial charge in [-0.15, -0.1) is 0 Å². The summed E-state index contributed by atoms with van der Waals surface area (Å²) >= 11 is 0. The van der Waals surface area contributed by atoms with Crippen LogP contribution in [0.4, 0.5) is 0 Å². The molecule has 0 spiro atoms. The Kier molecular flexibility index (Phi) is 4.22. The van der Waals surface area contributed by atoms with E-state index >= 15 is 0 Å². The van der Waals surface area contributed by atoms with Crippen molar-refractivity contribution in [2.45, 2.75) is 51.5 Å². The number of nitrogens with one attached hydrogen (secondary N) is 2. The molecule has 1 unspecified atom stereocenters. The van der Waals surface area contributed by atoms with Crippen LogP contribution in [-0.4, -0.2) is 25.0 Å². The van der Waals surface area contributed by atoms with Gasteiger partial charge in [0.25, 0.3) is 0 Å². The van der Waals surface area contributed by atoms with Crippen LogP contribution in [0.25, 0.3) is 0 Å². The van der Waals surface area contributed by atoms with E-state index in [1.807, 2.05) is 0 Å². The number of carbonyl (C=O) groups excluding carboxylic acids is 1. The van der Waals surface area contributed by atoms with Crippen molar-refractivity contribution in [1.82, 2.24) is 10.6 Å². The molecular weight excluding hydrogens is 200 g/mol. The minimum atomic E-state index is 0.185. The lowest BCUT2D eigenvalue weighted by atomic mass is 9.88. The first-order chi connectivity index (χ1) is 7.77. The van der Waals surface area contributed by atoms with Gasteiger partial charge in [-0.3, -0.25) is 4.79 Å². The number of hydrogen-bond donors (Lipinski definition) is 2. The number of hydrogen-bond acceptors (Lipinski definition) is 2. The van der Waals surface area contributed by atoms with Crippen LogP contribution in [0.3, 0.4) is 0 Å². The normalized spacial score (nSPS) is 25.6. The van der Waals surface area contributed by atoms with Gasteiger partial charge in [-0.1, -0.05) is 32.6 Å². The van der Waals surface area contributed by atoms with E-state index in [2.05, 4.69) is 17.6 Å². The molecule has 2 rings (SSSR count). The van der Waals surface area contributed by atoms with E-state index in [9.17, 15) is 4.79 Å². The van der Waals surface area contributed by atoms with Gasteiger partial charge < -0.3 is 10.6 Å². The summed E-state index contributed by atoms with van der Waals surface area (Å²) in [5.41, 5.74) is 0. The summed E-state index contributed by atoms with van der Waals surface area (Å²) < 4.78 is 0. The SMILES string of the molecule is CC(C(=O)NC1CCCCCC1)C1CNC1. The fraction of sp³-hybridized carbons (Fsp3) is 0.923. The van der Waals surface area contributed by atoms with Crippen LogP contribution >= 0.6 is 0 Å². The Morgan fingerprint density at radius 1 is 1.19 bits per heavy atom. The van der Waals surface area contributed by atoms with Gasteiger partial charge in [-0.05, 0) is 31.8 Å². The van der Waals surface area contributed by atoms with Crippen LogP contribution in [0.2, 0.25) is 0 Å². The number of carbonyl (C=O) groups is 1. The van der Waals surface area contributed by atoms with Gasteiger partial charge in [0.15, 0.2) is 0 Å². The maximum atomic E-state index is 12.0. The Balaban J connectivity index is 1.76. The summed E-state index contributed by atoms with van der Waals surface area (Å²) in [5, 5.41) is 6.47.